The second kappa shape index (κ2) is 5.62. The zero-order valence-corrected chi connectivity index (χ0v) is 12.5. The second-order valence-corrected chi connectivity index (χ2v) is 5.68. The molecule has 2 rings (SSSR count). The minimum Gasteiger partial charge on any atom is -0.388 e. The van der Waals surface area contributed by atoms with Crippen LogP contribution in [0.4, 0.5) is 5.69 Å². The Hall–Kier alpha value is -2.26. The van der Waals surface area contributed by atoms with Crippen LogP contribution in [0.15, 0.2) is 18.3 Å². The number of aliphatic hydroxyl groups excluding tert-OH is 1. The largest absolute Gasteiger partial charge is 0.388 e. The second-order valence-electron chi connectivity index (χ2n) is 4.62. The van der Waals surface area contributed by atoms with Crippen LogP contribution in [0.1, 0.15) is 28.4 Å². The minimum atomic E-state index is -0.805. The van der Waals surface area contributed by atoms with Gasteiger partial charge in [0, 0.05) is 31.2 Å². The third kappa shape index (κ3) is 2.93. The minimum absolute atomic E-state index is 0.150. The van der Waals surface area contributed by atoms with E-state index >= 15 is 0 Å². The van der Waals surface area contributed by atoms with Gasteiger partial charge in [-0.2, -0.15) is 5.10 Å². The van der Waals surface area contributed by atoms with E-state index in [0.29, 0.717) is 4.88 Å². The van der Waals surface area contributed by atoms with Crippen molar-refractivity contribution < 1.29 is 14.8 Å². The van der Waals surface area contributed by atoms with Gasteiger partial charge in [0.05, 0.1) is 11.0 Å². The summed E-state index contributed by atoms with van der Waals surface area (Å²) in [5, 5.41) is 25.0. The van der Waals surface area contributed by atoms with Crippen molar-refractivity contribution in [2.45, 2.75) is 13.0 Å². The lowest BCUT2D eigenvalue weighted by Gasteiger charge is -2.06. The molecule has 1 atom stereocenters. The molecule has 8 nitrogen and oxygen atoms in total. The van der Waals surface area contributed by atoms with Crippen LogP contribution in [0.3, 0.4) is 0 Å². The Morgan fingerprint density at radius 3 is 2.76 bits per heavy atom. The number of nitro groups is 1. The predicted molar refractivity (Wildman–Crippen MR) is 76.7 cm³/mol. The Morgan fingerprint density at radius 2 is 2.24 bits per heavy atom. The van der Waals surface area contributed by atoms with Gasteiger partial charge in [0.25, 0.3) is 5.91 Å². The van der Waals surface area contributed by atoms with Gasteiger partial charge in [-0.3, -0.25) is 14.9 Å². The van der Waals surface area contributed by atoms with Gasteiger partial charge in [0.15, 0.2) is 10.7 Å². The number of amides is 1. The number of hydrogen-bond acceptors (Lipinski definition) is 6. The number of hydrogen-bond donors (Lipinski definition) is 1. The van der Waals surface area contributed by atoms with Crippen molar-refractivity contribution in [3.05, 3.63) is 39.0 Å². The Balaban J connectivity index is 2.47. The maximum Gasteiger partial charge on any atom is 0.306 e. The number of nitrogens with zero attached hydrogens (tertiary/aromatic N) is 4. The number of thiophene rings is 1. The highest BCUT2D eigenvalue weighted by molar-refractivity contribution is 7.15. The Bertz CT molecular complexity index is 689. The van der Waals surface area contributed by atoms with Crippen molar-refractivity contribution in [2.24, 2.45) is 0 Å². The van der Waals surface area contributed by atoms with Gasteiger partial charge in [-0.25, -0.2) is 4.68 Å². The summed E-state index contributed by atoms with van der Waals surface area (Å²) in [7, 11) is 3.20. The molecule has 0 aliphatic heterocycles. The molecule has 0 saturated heterocycles. The van der Waals surface area contributed by atoms with Crippen molar-refractivity contribution in [3.63, 3.8) is 0 Å². The number of aliphatic hydroxyl groups is 1. The molecule has 0 spiro atoms. The third-order valence-corrected chi connectivity index (χ3v) is 4.03. The maximum atomic E-state index is 11.8. The van der Waals surface area contributed by atoms with Crippen LogP contribution in [0.5, 0.6) is 0 Å². The molecule has 0 radical (unpaired) electrons. The lowest BCUT2D eigenvalue weighted by atomic mass is 10.3. The monoisotopic (exact) mass is 310 g/mol. The molecule has 0 saturated carbocycles. The normalized spacial score (nSPS) is 12.2. The van der Waals surface area contributed by atoms with Crippen molar-refractivity contribution in [3.8, 4) is 5.00 Å². The van der Waals surface area contributed by atoms with Crippen LogP contribution < -0.4 is 0 Å². The van der Waals surface area contributed by atoms with Crippen LogP contribution >= 0.6 is 11.3 Å². The van der Waals surface area contributed by atoms with E-state index in [2.05, 4.69) is 5.10 Å². The van der Waals surface area contributed by atoms with Crippen molar-refractivity contribution >= 4 is 22.9 Å². The summed E-state index contributed by atoms with van der Waals surface area (Å²) in [6.45, 7) is 1.53. The average molecular weight is 310 g/mol. The third-order valence-electron chi connectivity index (χ3n) is 2.74. The molecule has 0 aliphatic rings. The summed E-state index contributed by atoms with van der Waals surface area (Å²) in [5.41, 5.74) is 0.0455. The number of carbonyl (C=O) groups is 1. The van der Waals surface area contributed by atoms with Crippen molar-refractivity contribution in [1.29, 1.82) is 0 Å². The highest BCUT2D eigenvalue weighted by Gasteiger charge is 2.24. The molecule has 0 fully saturated rings. The quantitative estimate of drug-likeness (QED) is 0.682. The van der Waals surface area contributed by atoms with E-state index in [0.717, 1.165) is 11.3 Å². The molecule has 2 heterocycles. The van der Waals surface area contributed by atoms with E-state index in [4.69, 9.17) is 0 Å². The van der Waals surface area contributed by atoms with Crippen LogP contribution in [0, 0.1) is 10.1 Å². The summed E-state index contributed by atoms with van der Waals surface area (Å²) < 4.78 is 1.28. The molecule has 9 heteroatoms. The molecule has 1 N–H and O–H groups in total. The first-order valence-corrected chi connectivity index (χ1v) is 6.86. The smallest absolute Gasteiger partial charge is 0.306 e. The number of aromatic nitrogens is 2. The van der Waals surface area contributed by atoms with Crippen LogP contribution in [-0.4, -0.2) is 44.7 Å². The SMILES string of the molecule is CC(O)c1cc([N+](=O)[O-])c(-n2ccc(C(=O)N(C)C)n2)s1. The molecule has 2 aromatic heterocycles. The number of rotatable bonds is 4. The lowest BCUT2D eigenvalue weighted by Crippen LogP contribution is -2.22. The fraction of sp³-hybridized carbons (Fsp3) is 0.333. The molecular formula is C12H14N4O4S. The van der Waals surface area contributed by atoms with Crippen LogP contribution in [-0.2, 0) is 0 Å². The first-order chi connectivity index (χ1) is 9.81. The standard InChI is InChI=1S/C12H14N4O4S/c1-7(17)10-6-9(16(19)20)12(21-10)15-5-4-8(13-15)11(18)14(2)3/h4-7,17H,1-3H3. The Morgan fingerprint density at radius 1 is 1.57 bits per heavy atom. The lowest BCUT2D eigenvalue weighted by molar-refractivity contribution is -0.384. The van der Waals surface area contributed by atoms with Gasteiger partial charge in [0.1, 0.15) is 0 Å². The van der Waals surface area contributed by atoms with Crippen molar-refractivity contribution in [1.82, 2.24) is 14.7 Å². The number of carbonyl (C=O) groups excluding carboxylic acids is 1. The molecule has 21 heavy (non-hydrogen) atoms. The van der Waals surface area contributed by atoms with Gasteiger partial charge in [-0.15, -0.1) is 11.3 Å². The van der Waals surface area contributed by atoms with E-state index in [1.54, 1.807) is 14.1 Å². The zero-order valence-electron chi connectivity index (χ0n) is 11.7. The average Bonchev–Trinajstić information content (AvgIpc) is 3.03. The first kappa shape index (κ1) is 15.1. The van der Waals surface area contributed by atoms with Gasteiger partial charge in [0.2, 0.25) is 0 Å². The van der Waals surface area contributed by atoms with Crippen LogP contribution in [0.25, 0.3) is 5.00 Å². The molecule has 0 aromatic carbocycles. The Labute approximate surface area is 124 Å². The summed E-state index contributed by atoms with van der Waals surface area (Å²) >= 11 is 1.07. The Kier molecular flexibility index (Phi) is 4.05. The molecule has 1 amide bonds. The molecule has 0 aliphatic carbocycles. The van der Waals surface area contributed by atoms with Gasteiger partial charge in [-0.05, 0) is 13.0 Å². The molecular weight excluding hydrogens is 296 g/mol. The first-order valence-electron chi connectivity index (χ1n) is 6.05. The van der Waals surface area contributed by atoms with Gasteiger partial charge < -0.3 is 10.0 Å². The summed E-state index contributed by atoms with van der Waals surface area (Å²) in [6, 6.07) is 2.81. The molecule has 112 valence electrons. The molecule has 1 unspecified atom stereocenters. The highest BCUT2D eigenvalue weighted by atomic mass is 32.1. The highest BCUT2D eigenvalue weighted by Crippen LogP contribution is 2.35. The van der Waals surface area contributed by atoms with Crippen molar-refractivity contribution in [2.75, 3.05) is 14.1 Å². The fourth-order valence-electron chi connectivity index (χ4n) is 1.67. The molecule has 2 aromatic rings. The summed E-state index contributed by atoms with van der Waals surface area (Å²) in [6.07, 6.45) is 0.683. The van der Waals surface area contributed by atoms with E-state index in [-0.39, 0.29) is 22.3 Å². The summed E-state index contributed by atoms with van der Waals surface area (Å²) in [5.74, 6) is -0.288. The van der Waals surface area contributed by atoms with E-state index < -0.39 is 11.0 Å². The van der Waals surface area contributed by atoms with E-state index in [1.165, 1.54) is 34.8 Å². The fourth-order valence-corrected chi connectivity index (χ4v) is 2.67. The summed E-state index contributed by atoms with van der Waals surface area (Å²) in [4.78, 5) is 24.2. The maximum absolute atomic E-state index is 11.8. The molecule has 0 bridgehead atoms. The van der Waals surface area contributed by atoms with Crippen LogP contribution in [0.2, 0.25) is 0 Å². The van der Waals surface area contributed by atoms with E-state index in [1.807, 2.05) is 0 Å². The van der Waals surface area contributed by atoms with Gasteiger partial charge in [-0.1, -0.05) is 0 Å². The zero-order chi connectivity index (χ0) is 15.7. The predicted octanol–water partition coefficient (Wildman–Crippen LogP) is 1.60. The van der Waals surface area contributed by atoms with E-state index in [9.17, 15) is 20.0 Å². The topological polar surface area (TPSA) is 102 Å². The van der Waals surface area contributed by atoms with Gasteiger partial charge >= 0.3 is 5.69 Å².